The Morgan fingerprint density at radius 1 is 1.18 bits per heavy atom. The number of halogens is 1. The number of carbonyl (C=O) groups is 1. The maximum Gasteiger partial charge on any atom is 0.358 e. The first-order valence-corrected chi connectivity index (χ1v) is 6.58. The summed E-state index contributed by atoms with van der Waals surface area (Å²) < 4.78 is 14.9. The van der Waals surface area contributed by atoms with Crippen LogP contribution in [0.3, 0.4) is 0 Å². The molecule has 3 aromatic rings. The topological polar surface area (TPSA) is 68.0 Å². The molecule has 2 aromatic carbocycles. The van der Waals surface area contributed by atoms with Crippen LogP contribution in [0.4, 0.5) is 4.39 Å². The molecule has 5 nitrogen and oxygen atoms in total. The highest BCUT2D eigenvalue weighted by Gasteiger charge is 2.21. The van der Waals surface area contributed by atoms with Crippen LogP contribution in [-0.2, 0) is 0 Å². The van der Waals surface area contributed by atoms with Gasteiger partial charge < -0.3 is 5.11 Å². The minimum Gasteiger partial charge on any atom is -0.476 e. The zero-order valence-electron chi connectivity index (χ0n) is 11.7. The number of carboxylic acid groups (broad SMARTS) is 1. The van der Waals surface area contributed by atoms with E-state index in [2.05, 4.69) is 10.3 Å². The summed E-state index contributed by atoms with van der Waals surface area (Å²) >= 11 is 0. The molecule has 0 bridgehead atoms. The Morgan fingerprint density at radius 3 is 2.64 bits per heavy atom. The van der Waals surface area contributed by atoms with Crippen LogP contribution < -0.4 is 0 Å². The van der Waals surface area contributed by atoms with Crippen LogP contribution in [0, 0.1) is 12.7 Å². The van der Waals surface area contributed by atoms with Crippen LogP contribution in [0.1, 0.15) is 16.1 Å². The maximum atomic E-state index is 13.5. The van der Waals surface area contributed by atoms with Gasteiger partial charge in [-0.2, -0.15) is 0 Å². The number of hydrogen-bond acceptors (Lipinski definition) is 3. The minimum atomic E-state index is -1.21. The predicted molar refractivity (Wildman–Crippen MR) is 78.4 cm³/mol. The smallest absolute Gasteiger partial charge is 0.358 e. The standard InChI is InChI=1S/C16H12FN3O2/c1-10-4-2-7-13(8-10)20-15(14(16(21)22)18-19-20)11-5-3-6-12(17)9-11/h2-9H,1H3,(H,21,22). The van der Waals surface area contributed by atoms with E-state index in [1.165, 1.54) is 22.9 Å². The second-order valence-corrected chi connectivity index (χ2v) is 4.85. The highest BCUT2D eigenvalue weighted by atomic mass is 19.1. The van der Waals surface area contributed by atoms with E-state index in [4.69, 9.17) is 0 Å². The van der Waals surface area contributed by atoms with Gasteiger partial charge in [0.25, 0.3) is 0 Å². The fourth-order valence-corrected chi connectivity index (χ4v) is 2.26. The molecule has 0 saturated carbocycles. The Kier molecular flexibility index (Phi) is 3.42. The molecule has 1 N–H and O–H groups in total. The molecule has 6 heteroatoms. The number of rotatable bonds is 3. The third kappa shape index (κ3) is 2.46. The molecule has 0 atom stereocenters. The molecule has 0 radical (unpaired) electrons. The van der Waals surface area contributed by atoms with Crippen LogP contribution in [0.2, 0.25) is 0 Å². The molecule has 110 valence electrons. The van der Waals surface area contributed by atoms with Gasteiger partial charge in [-0.15, -0.1) is 5.10 Å². The molecule has 1 heterocycles. The van der Waals surface area contributed by atoms with Gasteiger partial charge in [0, 0.05) is 5.56 Å². The van der Waals surface area contributed by atoms with Crippen molar-refractivity contribution in [3.05, 3.63) is 65.6 Å². The lowest BCUT2D eigenvalue weighted by Gasteiger charge is -2.08. The van der Waals surface area contributed by atoms with Crippen molar-refractivity contribution in [3.8, 4) is 16.9 Å². The molecule has 0 spiro atoms. The first-order chi connectivity index (χ1) is 10.6. The second kappa shape index (κ2) is 5.40. The van der Waals surface area contributed by atoms with Crippen molar-refractivity contribution in [2.75, 3.05) is 0 Å². The van der Waals surface area contributed by atoms with Crippen LogP contribution in [0.15, 0.2) is 48.5 Å². The molecular weight excluding hydrogens is 285 g/mol. The van der Waals surface area contributed by atoms with Crippen molar-refractivity contribution in [2.24, 2.45) is 0 Å². The van der Waals surface area contributed by atoms with Crippen molar-refractivity contribution >= 4 is 5.97 Å². The molecule has 0 saturated heterocycles. The fraction of sp³-hybridized carbons (Fsp3) is 0.0625. The van der Waals surface area contributed by atoms with Gasteiger partial charge in [-0.3, -0.25) is 0 Å². The van der Waals surface area contributed by atoms with E-state index < -0.39 is 11.8 Å². The summed E-state index contributed by atoms with van der Waals surface area (Å²) in [7, 11) is 0. The monoisotopic (exact) mass is 297 g/mol. The van der Waals surface area contributed by atoms with Gasteiger partial charge in [-0.05, 0) is 36.8 Å². The first kappa shape index (κ1) is 13.9. The van der Waals surface area contributed by atoms with Crippen LogP contribution in [-0.4, -0.2) is 26.1 Å². The lowest BCUT2D eigenvalue weighted by molar-refractivity contribution is 0.0691. The van der Waals surface area contributed by atoms with Gasteiger partial charge in [0.1, 0.15) is 11.5 Å². The molecule has 0 aliphatic heterocycles. The average molecular weight is 297 g/mol. The summed E-state index contributed by atoms with van der Waals surface area (Å²) in [5.41, 5.74) is 2.10. The second-order valence-electron chi connectivity index (χ2n) is 4.85. The molecule has 1 aromatic heterocycles. The predicted octanol–water partition coefficient (Wildman–Crippen LogP) is 3.08. The number of nitrogens with zero attached hydrogens (tertiary/aromatic N) is 3. The molecule has 22 heavy (non-hydrogen) atoms. The summed E-state index contributed by atoms with van der Waals surface area (Å²) in [6, 6.07) is 13.1. The van der Waals surface area contributed by atoms with Crippen LogP contribution in [0.5, 0.6) is 0 Å². The average Bonchev–Trinajstić information content (AvgIpc) is 2.92. The summed E-state index contributed by atoms with van der Waals surface area (Å²) in [6.45, 7) is 1.92. The highest BCUT2D eigenvalue weighted by Crippen LogP contribution is 2.26. The van der Waals surface area contributed by atoms with Crippen molar-refractivity contribution < 1.29 is 14.3 Å². The van der Waals surface area contributed by atoms with Gasteiger partial charge in [-0.1, -0.05) is 29.5 Å². The fourth-order valence-electron chi connectivity index (χ4n) is 2.26. The third-order valence-electron chi connectivity index (χ3n) is 3.22. The number of aryl methyl sites for hydroxylation is 1. The Bertz CT molecular complexity index is 858. The molecular formula is C16H12FN3O2. The third-order valence-corrected chi connectivity index (χ3v) is 3.22. The molecule has 0 aliphatic rings. The largest absolute Gasteiger partial charge is 0.476 e. The van der Waals surface area contributed by atoms with Gasteiger partial charge in [0.2, 0.25) is 0 Å². The lowest BCUT2D eigenvalue weighted by Crippen LogP contribution is -2.03. The van der Waals surface area contributed by atoms with Crippen molar-refractivity contribution in [3.63, 3.8) is 0 Å². The summed E-state index contributed by atoms with van der Waals surface area (Å²) in [6.07, 6.45) is 0. The van der Waals surface area contributed by atoms with Gasteiger partial charge in [0.05, 0.1) is 5.69 Å². The van der Waals surface area contributed by atoms with Crippen LogP contribution in [0.25, 0.3) is 16.9 Å². The maximum absolute atomic E-state index is 13.5. The van der Waals surface area contributed by atoms with Gasteiger partial charge in [0.15, 0.2) is 5.69 Å². The van der Waals surface area contributed by atoms with Crippen molar-refractivity contribution in [1.82, 2.24) is 15.0 Å². The minimum absolute atomic E-state index is 0.216. The summed E-state index contributed by atoms with van der Waals surface area (Å²) in [4.78, 5) is 11.4. The number of hydrogen-bond donors (Lipinski definition) is 1. The van der Waals surface area contributed by atoms with E-state index in [0.717, 1.165) is 5.56 Å². The van der Waals surface area contributed by atoms with E-state index in [9.17, 15) is 14.3 Å². The Balaban J connectivity index is 2.26. The summed E-state index contributed by atoms with van der Waals surface area (Å²) in [5.74, 6) is -1.66. The van der Waals surface area contributed by atoms with E-state index in [-0.39, 0.29) is 11.4 Å². The summed E-state index contributed by atoms with van der Waals surface area (Å²) in [5, 5.41) is 16.9. The quantitative estimate of drug-likeness (QED) is 0.806. The zero-order chi connectivity index (χ0) is 15.7. The van der Waals surface area contributed by atoms with Gasteiger partial charge >= 0.3 is 5.97 Å². The van der Waals surface area contributed by atoms with E-state index in [1.807, 2.05) is 25.1 Å². The number of aromatic nitrogens is 3. The number of benzene rings is 2. The first-order valence-electron chi connectivity index (χ1n) is 6.58. The Morgan fingerprint density at radius 2 is 1.95 bits per heavy atom. The zero-order valence-corrected chi connectivity index (χ0v) is 11.7. The lowest BCUT2D eigenvalue weighted by atomic mass is 10.1. The van der Waals surface area contributed by atoms with Crippen LogP contribution >= 0.6 is 0 Å². The SMILES string of the molecule is Cc1cccc(-n2nnc(C(=O)O)c2-c2cccc(F)c2)c1. The van der Waals surface area contributed by atoms with E-state index in [1.54, 1.807) is 12.1 Å². The number of aromatic carboxylic acids is 1. The van der Waals surface area contributed by atoms with Crippen molar-refractivity contribution in [1.29, 1.82) is 0 Å². The Hall–Kier alpha value is -3.02. The normalized spacial score (nSPS) is 10.6. The molecule has 0 aliphatic carbocycles. The van der Waals surface area contributed by atoms with Gasteiger partial charge in [-0.25, -0.2) is 13.9 Å². The molecule has 0 unspecified atom stereocenters. The van der Waals surface area contributed by atoms with E-state index >= 15 is 0 Å². The van der Waals surface area contributed by atoms with Crippen molar-refractivity contribution in [2.45, 2.75) is 6.92 Å². The molecule has 0 amide bonds. The Labute approximate surface area is 125 Å². The number of carboxylic acids is 1. The highest BCUT2D eigenvalue weighted by molar-refractivity contribution is 5.93. The van der Waals surface area contributed by atoms with E-state index in [0.29, 0.717) is 11.3 Å². The molecule has 3 rings (SSSR count). The molecule has 0 fully saturated rings.